The van der Waals surface area contributed by atoms with E-state index in [0.29, 0.717) is 24.8 Å². The highest BCUT2D eigenvalue weighted by atomic mass is 16.5. The molecule has 5 nitrogen and oxygen atoms in total. The number of ether oxygens (including phenoxy) is 1. The number of rotatable bonds is 6. The lowest BCUT2D eigenvalue weighted by atomic mass is 9.81. The molecule has 1 aliphatic carbocycles. The minimum atomic E-state index is -0.157. The van der Waals surface area contributed by atoms with Crippen LogP contribution in [0.1, 0.15) is 38.4 Å². The molecule has 0 saturated heterocycles. The second-order valence-corrected chi connectivity index (χ2v) is 7.77. The van der Waals surface area contributed by atoms with Crippen molar-refractivity contribution >= 4 is 16.6 Å². The number of aromatic nitrogens is 1. The summed E-state index contributed by atoms with van der Waals surface area (Å²) in [6.45, 7) is 2.67. The van der Waals surface area contributed by atoms with Gasteiger partial charge >= 0.3 is 0 Å². The van der Waals surface area contributed by atoms with Crippen molar-refractivity contribution in [3.05, 3.63) is 65.0 Å². The number of carbonyl (C=O) groups excluding carboxylic acids is 1. The van der Waals surface area contributed by atoms with E-state index < -0.39 is 0 Å². The lowest BCUT2D eigenvalue weighted by Gasteiger charge is -2.26. The molecule has 0 unspecified atom stereocenters. The minimum absolute atomic E-state index is 0.157. The molecule has 0 atom stereocenters. The molecule has 2 aromatic heterocycles. The van der Waals surface area contributed by atoms with Crippen LogP contribution in [0, 0.1) is 11.8 Å². The van der Waals surface area contributed by atoms with Crippen LogP contribution in [0.15, 0.2) is 58.2 Å². The van der Waals surface area contributed by atoms with Crippen LogP contribution >= 0.6 is 0 Å². The van der Waals surface area contributed by atoms with Crippen molar-refractivity contribution in [3.8, 4) is 5.75 Å². The third-order valence-corrected chi connectivity index (χ3v) is 5.69. The molecule has 0 bridgehead atoms. The van der Waals surface area contributed by atoms with E-state index in [1.54, 1.807) is 6.92 Å². The molecule has 146 valence electrons. The summed E-state index contributed by atoms with van der Waals surface area (Å²) in [5.41, 5.74) is -0.157. The third-order valence-electron chi connectivity index (χ3n) is 5.69. The zero-order chi connectivity index (χ0) is 19.5. The molecule has 1 saturated carbocycles. The molecule has 0 N–H and O–H groups in total. The number of hydrogen-bond acceptors (Lipinski definition) is 4. The molecule has 4 rings (SSSR count). The summed E-state index contributed by atoms with van der Waals surface area (Å²) in [6, 6.07) is 9.63. The Bertz CT molecular complexity index is 991. The first-order valence-electron chi connectivity index (χ1n) is 9.88. The highest BCUT2D eigenvalue weighted by Gasteiger charge is 2.24. The molecule has 0 radical (unpaired) electrons. The third kappa shape index (κ3) is 4.19. The standard InChI is InChI=1S/C23H25NO4/c1-16(25)18-8-6-17(7-9-18)14-28-23-15-27-21(10-22(23)26)13-24-11-19-4-2-3-5-20(19)12-24/h2-5,10-12,15,17-18H,6-9,13-14H2,1H3. The van der Waals surface area contributed by atoms with Crippen molar-refractivity contribution in [2.75, 3.05) is 6.61 Å². The molecular weight excluding hydrogens is 354 g/mol. The summed E-state index contributed by atoms with van der Waals surface area (Å²) in [5, 5.41) is 2.31. The molecule has 0 amide bonds. The highest BCUT2D eigenvalue weighted by Crippen LogP contribution is 2.29. The van der Waals surface area contributed by atoms with Crippen LogP contribution in [-0.2, 0) is 11.3 Å². The van der Waals surface area contributed by atoms with Gasteiger partial charge in [-0.25, -0.2) is 0 Å². The number of benzene rings is 1. The highest BCUT2D eigenvalue weighted by molar-refractivity contribution is 5.82. The van der Waals surface area contributed by atoms with Gasteiger partial charge in [0.05, 0.1) is 13.2 Å². The molecule has 1 aliphatic rings. The van der Waals surface area contributed by atoms with Crippen LogP contribution in [0.5, 0.6) is 5.75 Å². The van der Waals surface area contributed by atoms with E-state index in [-0.39, 0.29) is 22.9 Å². The van der Waals surface area contributed by atoms with Gasteiger partial charge in [0, 0.05) is 24.4 Å². The first-order valence-corrected chi connectivity index (χ1v) is 9.88. The van der Waals surface area contributed by atoms with E-state index in [9.17, 15) is 9.59 Å². The van der Waals surface area contributed by atoms with Crippen LogP contribution in [-0.4, -0.2) is 17.0 Å². The monoisotopic (exact) mass is 379 g/mol. The van der Waals surface area contributed by atoms with Gasteiger partial charge in [0.1, 0.15) is 17.8 Å². The number of nitrogens with zero attached hydrogens (tertiary/aromatic N) is 1. The maximum absolute atomic E-state index is 12.4. The zero-order valence-corrected chi connectivity index (χ0v) is 16.1. The molecule has 0 spiro atoms. The quantitative estimate of drug-likeness (QED) is 0.636. The largest absolute Gasteiger partial charge is 0.486 e. The Morgan fingerprint density at radius 2 is 1.82 bits per heavy atom. The zero-order valence-electron chi connectivity index (χ0n) is 16.1. The van der Waals surface area contributed by atoms with Gasteiger partial charge in [-0.15, -0.1) is 0 Å². The topological polar surface area (TPSA) is 61.4 Å². The van der Waals surface area contributed by atoms with Gasteiger partial charge in [0.2, 0.25) is 11.2 Å². The van der Waals surface area contributed by atoms with Crippen LogP contribution in [0.25, 0.3) is 10.8 Å². The molecule has 28 heavy (non-hydrogen) atoms. The fourth-order valence-corrected chi connectivity index (χ4v) is 3.98. The van der Waals surface area contributed by atoms with Gasteiger partial charge < -0.3 is 13.7 Å². The first kappa shape index (κ1) is 18.5. The lowest BCUT2D eigenvalue weighted by molar-refractivity contribution is -0.121. The van der Waals surface area contributed by atoms with Crippen LogP contribution in [0.2, 0.25) is 0 Å². The Morgan fingerprint density at radius 3 is 2.43 bits per heavy atom. The average Bonchev–Trinajstić information content (AvgIpc) is 3.10. The Kier molecular flexibility index (Phi) is 5.33. The molecule has 5 heteroatoms. The van der Waals surface area contributed by atoms with E-state index in [2.05, 4.69) is 12.1 Å². The Morgan fingerprint density at radius 1 is 1.14 bits per heavy atom. The number of Topliss-reactive ketones (excluding diaryl/α,β-unsaturated/α-hetero) is 1. The second-order valence-electron chi connectivity index (χ2n) is 7.77. The summed E-state index contributed by atoms with van der Waals surface area (Å²) in [4.78, 5) is 23.8. The summed E-state index contributed by atoms with van der Waals surface area (Å²) < 4.78 is 13.4. The smallest absolute Gasteiger partial charge is 0.227 e. The predicted molar refractivity (Wildman–Crippen MR) is 108 cm³/mol. The van der Waals surface area contributed by atoms with Crippen LogP contribution in [0.3, 0.4) is 0 Å². The molecular formula is C23H25NO4. The second kappa shape index (κ2) is 8.05. The van der Waals surface area contributed by atoms with Gasteiger partial charge in [-0.05, 0) is 49.3 Å². The fraction of sp³-hybridized carbons (Fsp3) is 0.391. The maximum Gasteiger partial charge on any atom is 0.227 e. The van der Waals surface area contributed by atoms with Gasteiger partial charge in [0.15, 0.2) is 0 Å². The molecule has 1 aromatic carbocycles. The Hall–Kier alpha value is -2.82. The maximum atomic E-state index is 12.4. The minimum Gasteiger partial charge on any atom is -0.486 e. The van der Waals surface area contributed by atoms with Crippen molar-refractivity contribution < 1.29 is 13.9 Å². The number of carbonyl (C=O) groups is 1. The Balaban J connectivity index is 1.35. The van der Waals surface area contributed by atoms with Gasteiger partial charge in [-0.3, -0.25) is 9.59 Å². The first-order chi connectivity index (χ1) is 13.6. The average molecular weight is 379 g/mol. The van der Waals surface area contributed by atoms with Gasteiger partial charge in [-0.2, -0.15) is 0 Å². The van der Waals surface area contributed by atoms with E-state index in [0.717, 1.165) is 36.5 Å². The van der Waals surface area contributed by atoms with E-state index in [1.807, 2.05) is 29.1 Å². The van der Waals surface area contributed by atoms with E-state index in [1.165, 1.54) is 12.3 Å². The van der Waals surface area contributed by atoms with Crippen molar-refractivity contribution in [3.63, 3.8) is 0 Å². The molecule has 2 heterocycles. The Labute approximate surface area is 163 Å². The number of ketones is 1. The van der Waals surface area contributed by atoms with Crippen molar-refractivity contribution in [2.45, 2.75) is 39.2 Å². The van der Waals surface area contributed by atoms with Gasteiger partial charge in [0.25, 0.3) is 0 Å². The van der Waals surface area contributed by atoms with Crippen LogP contribution < -0.4 is 10.2 Å². The van der Waals surface area contributed by atoms with Crippen LogP contribution in [0.4, 0.5) is 0 Å². The normalized spacial score (nSPS) is 19.6. The summed E-state index contributed by atoms with van der Waals surface area (Å²) in [6.07, 6.45) is 9.27. The number of hydrogen-bond donors (Lipinski definition) is 0. The number of fused-ring (bicyclic) bond motifs is 1. The van der Waals surface area contributed by atoms with Crippen molar-refractivity contribution in [1.29, 1.82) is 0 Å². The van der Waals surface area contributed by atoms with E-state index >= 15 is 0 Å². The van der Waals surface area contributed by atoms with Crippen molar-refractivity contribution in [2.24, 2.45) is 11.8 Å². The lowest BCUT2D eigenvalue weighted by Crippen LogP contribution is -2.24. The fourth-order valence-electron chi connectivity index (χ4n) is 3.98. The summed E-state index contributed by atoms with van der Waals surface area (Å²) >= 11 is 0. The molecule has 3 aromatic rings. The SMILES string of the molecule is CC(=O)C1CCC(COc2coc(Cn3cc4ccccc4c3)cc2=O)CC1. The molecule has 1 fully saturated rings. The van der Waals surface area contributed by atoms with Crippen molar-refractivity contribution in [1.82, 2.24) is 4.57 Å². The van der Waals surface area contributed by atoms with E-state index in [4.69, 9.17) is 9.15 Å². The molecule has 0 aliphatic heterocycles. The summed E-state index contributed by atoms with van der Waals surface area (Å²) in [7, 11) is 0. The summed E-state index contributed by atoms with van der Waals surface area (Å²) in [5.74, 6) is 1.73. The predicted octanol–water partition coefficient (Wildman–Crippen LogP) is 4.42. The van der Waals surface area contributed by atoms with Gasteiger partial charge in [-0.1, -0.05) is 24.3 Å².